The Morgan fingerprint density at radius 2 is 2.17 bits per heavy atom. The number of para-hydroxylation sites is 2. The Kier molecular flexibility index (Phi) is 5.13. The molecule has 0 spiro atoms. The molecule has 1 N–H and O–H groups in total. The van der Waals surface area contributed by atoms with Crippen LogP contribution in [0.3, 0.4) is 0 Å². The average molecular weight is 315 g/mol. The van der Waals surface area contributed by atoms with Gasteiger partial charge in [0.1, 0.15) is 12.6 Å². The highest BCUT2D eigenvalue weighted by atomic mass is 16.5. The van der Waals surface area contributed by atoms with Crippen molar-refractivity contribution >= 4 is 11.0 Å². The van der Waals surface area contributed by atoms with Gasteiger partial charge in [0.15, 0.2) is 11.0 Å². The van der Waals surface area contributed by atoms with E-state index in [0.29, 0.717) is 19.1 Å². The maximum absolute atomic E-state index is 10.4. The third kappa shape index (κ3) is 3.65. The summed E-state index contributed by atoms with van der Waals surface area (Å²) < 4.78 is 10.1. The van der Waals surface area contributed by atoms with Crippen molar-refractivity contribution in [3.8, 4) is 0 Å². The van der Waals surface area contributed by atoms with E-state index in [2.05, 4.69) is 47.4 Å². The first-order chi connectivity index (χ1) is 11.2. The fraction of sp³-hybridized carbons (Fsp3) is 0.526. The lowest BCUT2D eigenvalue weighted by Crippen LogP contribution is -2.32. The van der Waals surface area contributed by atoms with Crippen molar-refractivity contribution < 1.29 is 14.4 Å². The molecular formula is C19H27N2O2+. The monoisotopic (exact) mass is 315 g/mol. The highest BCUT2D eigenvalue weighted by molar-refractivity contribution is 5.72. The van der Waals surface area contributed by atoms with E-state index in [0.717, 1.165) is 30.8 Å². The van der Waals surface area contributed by atoms with E-state index in [1.807, 2.05) is 12.1 Å². The van der Waals surface area contributed by atoms with Crippen molar-refractivity contribution in [2.24, 2.45) is 13.0 Å². The van der Waals surface area contributed by atoms with Gasteiger partial charge in [-0.25, -0.2) is 9.13 Å². The fourth-order valence-corrected chi connectivity index (χ4v) is 3.38. The van der Waals surface area contributed by atoms with E-state index in [1.54, 1.807) is 0 Å². The second-order valence-electron chi connectivity index (χ2n) is 6.55. The highest BCUT2D eigenvalue weighted by Gasteiger charge is 2.21. The van der Waals surface area contributed by atoms with Gasteiger partial charge >= 0.3 is 0 Å². The summed E-state index contributed by atoms with van der Waals surface area (Å²) in [6.07, 6.45) is 7.45. The predicted octanol–water partition coefficient (Wildman–Crippen LogP) is 2.51. The fourth-order valence-electron chi connectivity index (χ4n) is 3.38. The van der Waals surface area contributed by atoms with E-state index in [9.17, 15) is 5.11 Å². The number of imidazole rings is 1. The second-order valence-corrected chi connectivity index (χ2v) is 6.55. The maximum atomic E-state index is 10.4. The molecule has 0 saturated heterocycles. The number of aromatic nitrogens is 2. The first-order valence-electron chi connectivity index (χ1n) is 8.51. The highest BCUT2D eigenvalue weighted by Crippen LogP contribution is 2.18. The third-order valence-electron chi connectivity index (χ3n) is 4.84. The Balaban J connectivity index is 1.58. The van der Waals surface area contributed by atoms with Gasteiger partial charge in [-0.2, -0.15) is 0 Å². The summed E-state index contributed by atoms with van der Waals surface area (Å²) in [6.45, 7) is 3.80. The SMILES string of the molecule is Cc1n(C[C@H](O)COC[C@H]2CC=CCC2)c2ccccc2[n+]1C. The van der Waals surface area contributed by atoms with Gasteiger partial charge in [0, 0.05) is 13.5 Å². The van der Waals surface area contributed by atoms with E-state index >= 15 is 0 Å². The van der Waals surface area contributed by atoms with Gasteiger partial charge < -0.3 is 9.84 Å². The van der Waals surface area contributed by atoms with Crippen LogP contribution >= 0.6 is 0 Å². The van der Waals surface area contributed by atoms with Crippen LogP contribution in [0.2, 0.25) is 0 Å². The number of aliphatic hydroxyl groups excluding tert-OH is 1. The summed E-state index contributed by atoms with van der Waals surface area (Å²) in [5, 5.41) is 10.4. The van der Waals surface area contributed by atoms with Crippen molar-refractivity contribution in [3.63, 3.8) is 0 Å². The van der Waals surface area contributed by atoms with Gasteiger partial charge in [-0.3, -0.25) is 0 Å². The zero-order valence-electron chi connectivity index (χ0n) is 14.1. The van der Waals surface area contributed by atoms with Gasteiger partial charge in [-0.05, 0) is 37.3 Å². The number of allylic oxidation sites excluding steroid dienone is 2. The number of rotatable bonds is 6. The summed E-state index contributed by atoms with van der Waals surface area (Å²) >= 11 is 0. The maximum Gasteiger partial charge on any atom is 0.254 e. The zero-order chi connectivity index (χ0) is 16.2. The number of benzene rings is 1. The number of hydrogen-bond acceptors (Lipinski definition) is 2. The summed E-state index contributed by atoms with van der Waals surface area (Å²) in [5.74, 6) is 1.75. The number of nitrogens with zero attached hydrogens (tertiary/aromatic N) is 2. The van der Waals surface area contributed by atoms with Crippen LogP contribution in [-0.2, 0) is 18.3 Å². The molecule has 0 fully saturated rings. The van der Waals surface area contributed by atoms with Gasteiger partial charge in [0.25, 0.3) is 5.82 Å². The van der Waals surface area contributed by atoms with Gasteiger partial charge in [0.2, 0.25) is 0 Å². The zero-order valence-corrected chi connectivity index (χ0v) is 14.1. The minimum Gasteiger partial charge on any atom is -0.387 e. The predicted molar refractivity (Wildman–Crippen MR) is 91.2 cm³/mol. The average Bonchev–Trinajstić information content (AvgIpc) is 2.81. The van der Waals surface area contributed by atoms with Crippen molar-refractivity contribution in [2.45, 2.75) is 38.8 Å². The molecule has 0 saturated carbocycles. The van der Waals surface area contributed by atoms with Crippen LogP contribution in [0, 0.1) is 12.8 Å². The second kappa shape index (κ2) is 7.28. The molecular weight excluding hydrogens is 288 g/mol. The standard InChI is InChI=1S/C19H27N2O2/c1-15-20(2)18-10-6-7-11-19(18)21(15)12-17(22)14-23-13-16-8-4-3-5-9-16/h3-4,6-7,10-11,16-17,22H,5,8-9,12-14H2,1-2H3/q+1/t16-,17-/m0/s1. The molecule has 0 radical (unpaired) electrons. The number of ether oxygens (including phenoxy) is 1. The van der Waals surface area contributed by atoms with Crippen molar-refractivity contribution in [3.05, 3.63) is 42.2 Å². The molecule has 4 nitrogen and oxygen atoms in total. The van der Waals surface area contributed by atoms with Crippen LogP contribution in [0.5, 0.6) is 0 Å². The first kappa shape index (κ1) is 16.2. The Bertz CT molecular complexity index is 690. The largest absolute Gasteiger partial charge is 0.387 e. The van der Waals surface area contributed by atoms with Gasteiger partial charge in [0.05, 0.1) is 13.7 Å². The van der Waals surface area contributed by atoms with Crippen LogP contribution in [0.25, 0.3) is 11.0 Å². The number of hydrogen-bond donors (Lipinski definition) is 1. The summed E-state index contributed by atoms with van der Waals surface area (Å²) in [5.41, 5.74) is 2.34. The van der Waals surface area contributed by atoms with Crippen LogP contribution in [0.1, 0.15) is 25.1 Å². The van der Waals surface area contributed by atoms with Crippen molar-refractivity contribution in [1.29, 1.82) is 0 Å². The van der Waals surface area contributed by atoms with Crippen LogP contribution < -0.4 is 4.57 Å². The Hall–Kier alpha value is -1.65. The first-order valence-corrected chi connectivity index (χ1v) is 8.51. The minimum absolute atomic E-state index is 0.399. The number of aliphatic hydroxyl groups is 1. The molecule has 1 aromatic heterocycles. The third-order valence-corrected chi connectivity index (χ3v) is 4.84. The van der Waals surface area contributed by atoms with Crippen LogP contribution in [-0.4, -0.2) is 29.0 Å². The molecule has 1 aliphatic rings. The Labute approximate surface area is 138 Å². The lowest BCUT2D eigenvalue weighted by molar-refractivity contribution is -0.652. The van der Waals surface area contributed by atoms with E-state index in [4.69, 9.17) is 4.74 Å². The van der Waals surface area contributed by atoms with Crippen molar-refractivity contribution in [1.82, 2.24) is 4.57 Å². The molecule has 1 heterocycles. The van der Waals surface area contributed by atoms with Crippen molar-refractivity contribution in [2.75, 3.05) is 13.2 Å². The quantitative estimate of drug-likeness (QED) is 0.657. The lowest BCUT2D eigenvalue weighted by Gasteiger charge is -2.18. The Morgan fingerprint density at radius 3 is 2.96 bits per heavy atom. The van der Waals surface area contributed by atoms with E-state index in [-0.39, 0.29) is 0 Å². The molecule has 3 rings (SSSR count). The molecule has 2 atom stereocenters. The molecule has 0 aliphatic heterocycles. The van der Waals surface area contributed by atoms with Crippen LogP contribution in [0.15, 0.2) is 36.4 Å². The molecule has 1 aromatic carbocycles. The van der Waals surface area contributed by atoms with Crippen LogP contribution in [0.4, 0.5) is 0 Å². The molecule has 124 valence electrons. The molecule has 0 bridgehead atoms. The number of aryl methyl sites for hydroxylation is 1. The molecule has 23 heavy (non-hydrogen) atoms. The smallest absolute Gasteiger partial charge is 0.254 e. The molecule has 1 aliphatic carbocycles. The van der Waals surface area contributed by atoms with Gasteiger partial charge in [-0.15, -0.1) is 0 Å². The van der Waals surface area contributed by atoms with E-state index in [1.165, 1.54) is 11.9 Å². The van der Waals surface area contributed by atoms with Gasteiger partial charge in [-0.1, -0.05) is 24.3 Å². The number of fused-ring (bicyclic) bond motifs is 1. The summed E-state index contributed by atoms with van der Waals surface area (Å²) in [7, 11) is 2.06. The molecule has 0 amide bonds. The normalized spacial score (nSPS) is 19.3. The minimum atomic E-state index is -0.483. The lowest BCUT2D eigenvalue weighted by atomic mass is 9.95. The Morgan fingerprint density at radius 1 is 1.35 bits per heavy atom. The molecule has 4 heteroatoms. The molecule has 0 unspecified atom stereocenters. The topological polar surface area (TPSA) is 38.3 Å². The molecule has 2 aromatic rings. The van der Waals surface area contributed by atoms with E-state index < -0.39 is 6.10 Å². The summed E-state index contributed by atoms with van der Waals surface area (Å²) in [4.78, 5) is 0. The summed E-state index contributed by atoms with van der Waals surface area (Å²) in [6, 6.07) is 8.30.